The van der Waals surface area contributed by atoms with E-state index >= 15 is 0 Å². The Hall–Kier alpha value is -1.28. The van der Waals surface area contributed by atoms with Gasteiger partial charge in [-0.1, -0.05) is 30.4 Å². The molecule has 0 aromatic carbocycles. The fraction of sp³-hybridized carbons (Fsp3) is 0.273. The molecule has 0 saturated heterocycles. The summed E-state index contributed by atoms with van der Waals surface area (Å²) >= 11 is 0. The van der Waals surface area contributed by atoms with Crippen molar-refractivity contribution < 1.29 is 9.84 Å². The molecule has 1 N–H and O–H groups in total. The highest BCUT2D eigenvalue weighted by molar-refractivity contribution is 5.10. The van der Waals surface area contributed by atoms with E-state index in [1.54, 1.807) is 12.3 Å². The van der Waals surface area contributed by atoms with Crippen molar-refractivity contribution >= 4 is 0 Å². The lowest BCUT2D eigenvalue weighted by Crippen LogP contribution is -2.05. The fourth-order valence-electron chi connectivity index (χ4n) is 0.990. The van der Waals surface area contributed by atoms with Crippen LogP contribution in [0.15, 0.2) is 48.8 Å². The lowest BCUT2D eigenvalue weighted by atomic mass is 10.2. The summed E-state index contributed by atoms with van der Waals surface area (Å²) in [5, 5.41) is 8.45. The molecule has 70 valence electrons. The molecule has 1 unspecified atom stereocenters. The number of allylic oxidation sites excluding steroid dienone is 4. The molecule has 1 aliphatic heterocycles. The fourth-order valence-corrected chi connectivity index (χ4v) is 0.990. The highest BCUT2D eigenvalue weighted by atomic mass is 16.5. The Morgan fingerprint density at radius 2 is 2.08 bits per heavy atom. The quantitative estimate of drug-likeness (QED) is 0.667. The van der Waals surface area contributed by atoms with Gasteiger partial charge in [0.05, 0.1) is 12.9 Å². The molecule has 0 aromatic heterocycles. The Bertz CT molecular complexity index is 236. The van der Waals surface area contributed by atoms with Crippen LogP contribution in [-0.4, -0.2) is 17.8 Å². The van der Waals surface area contributed by atoms with Gasteiger partial charge in [-0.15, -0.1) is 0 Å². The van der Waals surface area contributed by atoms with Crippen LogP contribution in [0.4, 0.5) is 0 Å². The zero-order valence-corrected chi connectivity index (χ0v) is 7.47. The maximum atomic E-state index is 8.45. The second-order valence-corrected chi connectivity index (χ2v) is 2.66. The SMILES string of the molecule is OC/C=C/C=C/CC1C=CC=CO1. The summed E-state index contributed by atoms with van der Waals surface area (Å²) in [7, 11) is 0. The van der Waals surface area contributed by atoms with Crippen molar-refractivity contribution in [3.05, 3.63) is 48.8 Å². The number of rotatable bonds is 4. The van der Waals surface area contributed by atoms with Crippen molar-refractivity contribution in [1.82, 2.24) is 0 Å². The summed E-state index contributed by atoms with van der Waals surface area (Å²) in [4.78, 5) is 0. The molecule has 1 atom stereocenters. The Morgan fingerprint density at radius 3 is 2.77 bits per heavy atom. The summed E-state index contributed by atoms with van der Waals surface area (Å²) in [6, 6.07) is 0. The van der Waals surface area contributed by atoms with Gasteiger partial charge in [0.1, 0.15) is 6.10 Å². The molecular weight excluding hydrogens is 164 g/mol. The molecule has 2 nitrogen and oxygen atoms in total. The molecule has 1 heterocycles. The van der Waals surface area contributed by atoms with Gasteiger partial charge in [-0.05, 0) is 12.2 Å². The van der Waals surface area contributed by atoms with E-state index in [0.29, 0.717) is 0 Å². The van der Waals surface area contributed by atoms with E-state index in [1.807, 2.05) is 36.5 Å². The van der Waals surface area contributed by atoms with Gasteiger partial charge in [0.2, 0.25) is 0 Å². The lowest BCUT2D eigenvalue weighted by Gasteiger charge is -2.11. The summed E-state index contributed by atoms with van der Waals surface area (Å²) in [6.45, 7) is 0.0902. The maximum Gasteiger partial charge on any atom is 0.120 e. The summed E-state index contributed by atoms with van der Waals surface area (Å²) in [5.74, 6) is 0. The normalized spacial score (nSPS) is 21.5. The smallest absolute Gasteiger partial charge is 0.120 e. The van der Waals surface area contributed by atoms with Crippen LogP contribution in [0.1, 0.15) is 6.42 Å². The van der Waals surface area contributed by atoms with Gasteiger partial charge in [-0.2, -0.15) is 0 Å². The van der Waals surface area contributed by atoms with Crippen molar-refractivity contribution in [2.45, 2.75) is 12.5 Å². The first-order valence-corrected chi connectivity index (χ1v) is 4.35. The first-order chi connectivity index (χ1) is 6.43. The number of ether oxygens (including phenoxy) is 1. The predicted molar refractivity (Wildman–Crippen MR) is 53.1 cm³/mol. The summed E-state index contributed by atoms with van der Waals surface area (Å²) < 4.78 is 5.29. The van der Waals surface area contributed by atoms with Crippen LogP contribution in [0.5, 0.6) is 0 Å². The van der Waals surface area contributed by atoms with Gasteiger partial charge in [0.25, 0.3) is 0 Å². The van der Waals surface area contributed by atoms with Gasteiger partial charge in [0.15, 0.2) is 0 Å². The van der Waals surface area contributed by atoms with E-state index in [1.165, 1.54) is 0 Å². The van der Waals surface area contributed by atoms with Crippen LogP contribution < -0.4 is 0 Å². The number of hydrogen-bond donors (Lipinski definition) is 1. The van der Waals surface area contributed by atoms with Crippen molar-refractivity contribution in [2.75, 3.05) is 6.61 Å². The largest absolute Gasteiger partial charge is 0.494 e. The second kappa shape index (κ2) is 6.26. The molecule has 0 aromatic rings. The molecule has 13 heavy (non-hydrogen) atoms. The van der Waals surface area contributed by atoms with E-state index < -0.39 is 0 Å². The molecular formula is C11H14O2. The minimum absolute atomic E-state index is 0.0902. The third kappa shape index (κ3) is 4.33. The molecule has 0 aliphatic carbocycles. The Kier molecular flexibility index (Phi) is 4.72. The molecule has 0 fully saturated rings. The lowest BCUT2D eigenvalue weighted by molar-refractivity contribution is 0.186. The Balaban J connectivity index is 2.18. The van der Waals surface area contributed by atoms with Gasteiger partial charge in [-0.25, -0.2) is 0 Å². The average molecular weight is 178 g/mol. The zero-order valence-electron chi connectivity index (χ0n) is 7.47. The highest BCUT2D eigenvalue weighted by Crippen LogP contribution is 2.06. The number of aliphatic hydroxyl groups excluding tert-OH is 1. The van der Waals surface area contributed by atoms with Crippen LogP contribution in [0.25, 0.3) is 0 Å². The summed E-state index contributed by atoms with van der Waals surface area (Å²) in [5.41, 5.74) is 0. The molecule has 0 saturated carbocycles. The predicted octanol–water partition coefficient (Wildman–Crippen LogP) is 1.95. The summed E-state index contributed by atoms with van der Waals surface area (Å²) in [6.07, 6.45) is 16.0. The molecule has 2 heteroatoms. The van der Waals surface area contributed by atoms with Crippen LogP contribution in [0.3, 0.4) is 0 Å². The molecule has 0 spiro atoms. The van der Waals surface area contributed by atoms with Crippen molar-refractivity contribution in [2.24, 2.45) is 0 Å². The van der Waals surface area contributed by atoms with E-state index in [9.17, 15) is 0 Å². The van der Waals surface area contributed by atoms with Crippen LogP contribution in [0.2, 0.25) is 0 Å². The van der Waals surface area contributed by atoms with E-state index in [2.05, 4.69) is 0 Å². The van der Waals surface area contributed by atoms with Crippen LogP contribution in [0, 0.1) is 0 Å². The molecule has 1 rings (SSSR count). The molecule has 0 bridgehead atoms. The van der Waals surface area contributed by atoms with Crippen LogP contribution >= 0.6 is 0 Å². The minimum Gasteiger partial charge on any atom is -0.494 e. The zero-order chi connectivity index (χ0) is 9.36. The van der Waals surface area contributed by atoms with Crippen molar-refractivity contribution in [3.8, 4) is 0 Å². The number of hydrogen-bond acceptors (Lipinski definition) is 2. The minimum atomic E-state index is 0.0902. The number of aliphatic hydroxyl groups is 1. The monoisotopic (exact) mass is 178 g/mol. The standard InChI is InChI=1S/C11H14O2/c12-9-5-2-1-3-7-11-8-4-6-10-13-11/h1-6,8,10-12H,7,9H2/b3-1+,5-2+. The highest BCUT2D eigenvalue weighted by Gasteiger charge is 2.01. The van der Waals surface area contributed by atoms with E-state index in [-0.39, 0.29) is 12.7 Å². The van der Waals surface area contributed by atoms with Crippen molar-refractivity contribution in [3.63, 3.8) is 0 Å². The van der Waals surface area contributed by atoms with E-state index in [4.69, 9.17) is 9.84 Å². The second-order valence-electron chi connectivity index (χ2n) is 2.66. The third-order valence-electron chi connectivity index (χ3n) is 1.63. The molecule has 0 radical (unpaired) electrons. The van der Waals surface area contributed by atoms with Gasteiger partial charge in [-0.3, -0.25) is 0 Å². The third-order valence-corrected chi connectivity index (χ3v) is 1.63. The van der Waals surface area contributed by atoms with E-state index in [0.717, 1.165) is 6.42 Å². The topological polar surface area (TPSA) is 29.5 Å². The van der Waals surface area contributed by atoms with Gasteiger partial charge in [0, 0.05) is 6.42 Å². The maximum absolute atomic E-state index is 8.45. The molecule has 0 amide bonds. The first kappa shape index (κ1) is 9.81. The van der Waals surface area contributed by atoms with Crippen molar-refractivity contribution in [1.29, 1.82) is 0 Å². The Labute approximate surface area is 78.5 Å². The molecule has 1 aliphatic rings. The van der Waals surface area contributed by atoms with Gasteiger partial charge >= 0.3 is 0 Å². The van der Waals surface area contributed by atoms with Crippen LogP contribution in [-0.2, 0) is 4.74 Å². The first-order valence-electron chi connectivity index (χ1n) is 4.35. The average Bonchev–Trinajstić information content (AvgIpc) is 2.19. The van der Waals surface area contributed by atoms with Gasteiger partial charge < -0.3 is 9.84 Å². The Morgan fingerprint density at radius 1 is 1.23 bits per heavy atom.